The van der Waals surface area contributed by atoms with E-state index in [-0.39, 0.29) is 95.8 Å². The second-order valence-corrected chi connectivity index (χ2v) is 32.7. The number of benzene rings is 6. The predicted molar refractivity (Wildman–Crippen MR) is 398 cm³/mol. The number of phenolic OH excluding ortho intramolecular Hbond substituents is 4. The van der Waals surface area contributed by atoms with Gasteiger partial charge in [0.05, 0.1) is 61.0 Å². The standard InChI is InChI=1S/C40H42N4O9S.C39H43N3O10S.Ag.HNO3/c1-17-10-23-21(12-27(17)46)7-8-42-40(23)15-54-38-30-29(37-36(51-16-52-37)19(3)35(30)53-20(4)45)26(14-50-39(40)48)44-25(13-41)24-11-22-9-18(2)34(49-6)33(47)28(22)31(32(38)44)43(24)5;1-16-10-22-20(12-25(16)44)7-8-40-39(22)14-53-36-28-27(35-34(50-15-51-35)18(3)33(28)52-19(4)43)24(13-49-38(39)47)42-30(36)29-26-21(11-23(37(42)46)41(29)5)9-17(2)32(48-6)31(26)45;;2-1(3)4/h9-10,12,24-26,31-32,38,42,46-47H,7-8,11,14-16H2,1-6H3;9-10,12,23-24,29-30,36-37,40,44-46H,7-8,11,13-15H2,1-6H3;;(H,2,3,4)/t24?,25-,26-,31+,32+,38+,40?;23?,24-,29+,30+,36+,37-,39?;;/m00../s1. The van der Waals surface area contributed by atoms with Crippen molar-refractivity contribution >= 4 is 47.4 Å². The van der Waals surface area contributed by atoms with Gasteiger partial charge < -0.3 is 78.1 Å². The van der Waals surface area contributed by atoms with Gasteiger partial charge in [0.25, 0.3) is 5.09 Å². The molecule has 4 saturated heterocycles. The zero-order valence-corrected chi connectivity index (χ0v) is 66.5. The van der Waals surface area contributed by atoms with Crippen LogP contribution in [0.4, 0.5) is 0 Å². The number of nitriles is 1. The zero-order chi connectivity index (χ0) is 78.8. The van der Waals surface area contributed by atoms with Crippen molar-refractivity contribution in [2.75, 3.05) is 79.7 Å². The molecule has 6 aromatic carbocycles. The number of likely N-dealkylation sites (N-methyl/N-ethyl adjacent to an activating group) is 2. The van der Waals surface area contributed by atoms with Gasteiger partial charge in [-0.25, -0.2) is 9.59 Å². The Balaban J connectivity index is 0.000000168. The van der Waals surface area contributed by atoms with Crippen LogP contribution in [-0.2, 0) is 87.8 Å². The molecule has 6 aromatic rings. The Labute approximate surface area is 668 Å². The summed E-state index contributed by atoms with van der Waals surface area (Å²) in [5.74, 6) is 2.20. The average Bonchev–Trinajstić information content (AvgIpc) is 0.919. The molecule has 14 atom stereocenters. The molecule has 1 radical (unpaired) electrons. The Morgan fingerprint density at radius 3 is 1.41 bits per heavy atom. The zero-order valence-electron chi connectivity index (χ0n) is 63.4. The van der Waals surface area contributed by atoms with E-state index in [1.54, 1.807) is 26.4 Å². The number of ether oxygens (including phenoxy) is 10. The maximum absolute atomic E-state index is 14.7. The number of aryl methyl sites for hydroxylation is 4. The number of thioether (sulfide) groups is 2. The van der Waals surface area contributed by atoms with Gasteiger partial charge in [0, 0.05) is 123 Å². The van der Waals surface area contributed by atoms with Crippen LogP contribution >= 0.6 is 23.5 Å². The summed E-state index contributed by atoms with van der Waals surface area (Å²) in [5, 5.41) is 88.6. The molecule has 0 aromatic heterocycles. The van der Waals surface area contributed by atoms with E-state index >= 15 is 0 Å². The smallest absolute Gasteiger partial charge is 0.331 e. The third-order valence-corrected chi connectivity index (χ3v) is 27.7. The first kappa shape index (κ1) is 78.3. The van der Waals surface area contributed by atoms with Crippen LogP contribution in [0.2, 0.25) is 0 Å². The first-order chi connectivity index (χ1) is 53.0. The van der Waals surface area contributed by atoms with Crippen molar-refractivity contribution in [2.24, 2.45) is 0 Å². The number of piperazine rings is 2. The molecule has 14 heterocycles. The fourth-order valence-corrected chi connectivity index (χ4v) is 23.5. The maximum atomic E-state index is 14.7. The molecule has 14 aliphatic rings. The minimum atomic E-state index is -1.50. The molecule has 0 aliphatic carbocycles. The van der Waals surface area contributed by atoms with Crippen LogP contribution in [-0.4, -0.2) is 195 Å². The summed E-state index contributed by atoms with van der Waals surface area (Å²) in [5.41, 5.74) is 10.7. The van der Waals surface area contributed by atoms with Crippen LogP contribution in [0.25, 0.3) is 0 Å². The molecule has 20 rings (SSSR count). The number of nitrogens with one attached hydrogen (secondary N) is 2. The summed E-state index contributed by atoms with van der Waals surface area (Å²) in [4.78, 5) is 72.0. The third kappa shape index (κ3) is 11.8. The van der Waals surface area contributed by atoms with Crippen molar-refractivity contribution < 1.29 is 125 Å². The largest absolute Gasteiger partial charge is 0.508 e. The number of rotatable bonds is 4. The monoisotopic (exact) mass is 1670 g/mol. The molecule has 597 valence electrons. The van der Waals surface area contributed by atoms with Gasteiger partial charge in [-0.3, -0.25) is 39.8 Å². The average molecular weight is 1670 g/mol. The molecule has 4 fully saturated rings. The Bertz CT molecular complexity index is 5040. The Kier molecular flexibility index (Phi) is 20.4. The van der Waals surface area contributed by atoms with Gasteiger partial charge in [-0.15, -0.1) is 33.6 Å². The number of hydrogen-bond donors (Lipinski definition) is 8. The molecule has 8 bridgehead atoms. The van der Waals surface area contributed by atoms with E-state index in [4.69, 9.17) is 62.7 Å². The number of carbonyl (C=O) groups excluding carboxylic acids is 4. The van der Waals surface area contributed by atoms with E-state index in [2.05, 4.69) is 37.5 Å². The topological polar surface area (TPSA) is 386 Å². The number of aromatic hydroxyl groups is 4. The van der Waals surface area contributed by atoms with Gasteiger partial charge >= 0.3 is 23.9 Å². The Morgan fingerprint density at radius 2 is 0.991 bits per heavy atom. The normalized spacial score (nSPS) is 28.5. The summed E-state index contributed by atoms with van der Waals surface area (Å²) in [6.45, 7) is 14.4. The van der Waals surface area contributed by atoms with E-state index < -0.39 is 99.1 Å². The van der Waals surface area contributed by atoms with E-state index in [9.17, 15) is 50.0 Å². The minimum absolute atomic E-state index is 0. The van der Waals surface area contributed by atoms with Gasteiger partial charge in [0.1, 0.15) is 48.5 Å². The first-order valence-electron chi connectivity index (χ1n) is 36.7. The fraction of sp³-hybridized carbons (Fsp3) is 0.481. The summed E-state index contributed by atoms with van der Waals surface area (Å²) >= 11 is 3.01. The van der Waals surface area contributed by atoms with Crippen molar-refractivity contribution in [1.29, 1.82) is 5.26 Å². The predicted octanol–water partition coefficient (Wildman–Crippen LogP) is 7.65. The Hall–Kier alpha value is -8.95. The van der Waals surface area contributed by atoms with Gasteiger partial charge in [-0.05, 0) is 161 Å². The van der Waals surface area contributed by atoms with Crippen molar-refractivity contribution in [3.05, 3.63) is 147 Å². The number of fused-ring (bicyclic) bond motifs is 18. The number of carbonyl (C=O) groups is 4. The van der Waals surface area contributed by atoms with Gasteiger partial charge in [0.2, 0.25) is 13.6 Å². The molecule has 112 heavy (non-hydrogen) atoms. The number of aliphatic hydroxyl groups is 1. The number of hydrogen-bond acceptors (Lipinski definition) is 30. The summed E-state index contributed by atoms with van der Waals surface area (Å²) < 4.78 is 61.0. The Morgan fingerprint density at radius 1 is 0.589 bits per heavy atom. The van der Waals surface area contributed by atoms with Gasteiger partial charge in [-0.1, -0.05) is 12.1 Å². The summed E-state index contributed by atoms with van der Waals surface area (Å²) in [6.07, 6.45) is 1.17. The van der Waals surface area contributed by atoms with Crippen LogP contribution in [0.5, 0.6) is 69.0 Å². The molecule has 2 spiro atoms. The molecule has 4 unspecified atom stereocenters. The fourth-order valence-electron chi connectivity index (χ4n) is 20.1. The second-order valence-electron chi connectivity index (χ2n) is 30.5. The number of phenols is 4. The van der Waals surface area contributed by atoms with Crippen LogP contribution in [0, 0.1) is 63.0 Å². The molecule has 0 saturated carbocycles. The van der Waals surface area contributed by atoms with Crippen molar-refractivity contribution in [2.45, 2.75) is 163 Å². The minimum Gasteiger partial charge on any atom is -0.508 e. The number of aliphatic hydroxyl groups excluding tert-OH is 1. The SMILES string of the molecule is COc1c(C)cc2c(c1O)[C@@H]1[C@@H]3[C@@H]4SCC5(NCCc6cc(O)c(C)cc65)C(=O)OC[C@@H](c5c6c(c(C)c(OC(C)=O)c54)OCO6)N3[C@@H](C#N)C(C2)N1C.COc1c(C)cc2c(c1O)[C@@H]1[C@@H]3[C@@H]4SCC5(NCCc6cc(O)c(C)cc65)C(=O)OC[C@@H](c5c6c(c(C)c(OC(C)=O)c54)OCO6)N3[C@@H](O)C(C2)N1C.O=[N+]([O-])O.[Ag]. The molecule has 0 amide bonds. The molecule has 8 N–H and O–H groups in total. The van der Waals surface area contributed by atoms with Crippen molar-refractivity contribution in [1.82, 2.24) is 30.2 Å². The summed E-state index contributed by atoms with van der Waals surface area (Å²) in [6, 6.07) is 9.14. The van der Waals surface area contributed by atoms with Crippen LogP contribution in [0.3, 0.4) is 0 Å². The van der Waals surface area contributed by atoms with Crippen LogP contribution in [0.15, 0.2) is 36.4 Å². The molecular formula is C79H86AgN8O22S2. The van der Waals surface area contributed by atoms with E-state index in [0.717, 1.165) is 50.1 Å². The number of esters is 4. The van der Waals surface area contributed by atoms with Crippen molar-refractivity contribution in [3.8, 4) is 75.1 Å². The quantitative estimate of drug-likeness (QED) is 0.0276. The molecule has 30 nitrogen and oxygen atoms in total. The van der Waals surface area contributed by atoms with E-state index in [0.29, 0.717) is 135 Å². The van der Waals surface area contributed by atoms with E-state index in [1.165, 1.54) is 37.4 Å². The van der Waals surface area contributed by atoms with Gasteiger partial charge in [0.15, 0.2) is 57.1 Å². The van der Waals surface area contributed by atoms with Crippen LogP contribution < -0.4 is 48.5 Å². The van der Waals surface area contributed by atoms with Crippen molar-refractivity contribution in [3.63, 3.8) is 0 Å². The molecule has 14 aliphatic heterocycles. The second kappa shape index (κ2) is 29.2. The maximum Gasteiger partial charge on any atom is 0.331 e. The first-order valence-corrected chi connectivity index (χ1v) is 38.8. The molecular weight excluding hydrogens is 1580 g/mol. The van der Waals surface area contributed by atoms with E-state index in [1.807, 2.05) is 78.7 Å². The third-order valence-electron chi connectivity index (χ3n) is 24.7. The number of methoxy groups -OCH3 is 2. The van der Waals surface area contributed by atoms with Crippen LogP contribution in [0.1, 0.15) is 149 Å². The van der Waals surface area contributed by atoms with Gasteiger partial charge in [-0.2, -0.15) is 5.26 Å². The number of nitrogens with zero attached hydrogens (tertiary/aromatic N) is 6. The molecule has 33 heteroatoms. The summed E-state index contributed by atoms with van der Waals surface area (Å²) in [7, 11) is 7.05.